The average molecular weight is 338 g/mol. The summed E-state index contributed by atoms with van der Waals surface area (Å²) in [5, 5.41) is 6.15. The zero-order chi connectivity index (χ0) is 17.2. The quantitative estimate of drug-likeness (QED) is 0.685. The van der Waals surface area contributed by atoms with E-state index in [0.29, 0.717) is 17.8 Å². The predicted molar refractivity (Wildman–Crippen MR) is 94.9 cm³/mol. The van der Waals surface area contributed by atoms with Gasteiger partial charge in [0, 0.05) is 18.7 Å². The monoisotopic (exact) mass is 338 g/mol. The molecular weight excluding hydrogens is 319 g/mol. The highest BCUT2D eigenvalue weighted by atomic mass is 19.1. The lowest BCUT2D eigenvalue weighted by atomic mass is 10.1. The van der Waals surface area contributed by atoms with Crippen molar-refractivity contribution in [1.82, 2.24) is 15.3 Å². The van der Waals surface area contributed by atoms with E-state index < -0.39 is 0 Å². The van der Waals surface area contributed by atoms with Crippen molar-refractivity contribution in [2.75, 3.05) is 18.4 Å². The lowest BCUT2D eigenvalue weighted by Crippen LogP contribution is -2.24. The highest BCUT2D eigenvalue weighted by Gasteiger charge is 2.22. The van der Waals surface area contributed by atoms with E-state index in [2.05, 4.69) is 20.6 Å². The Bertz CT molecular complexity index is 915. The van der Waals surface area contributed by atoms with E-state index in [4.69, 9.17) is 0 Å². The maximum Gasteiger partial charge on any atom is 0.228 e. The van der Waals surface area contributed by atoms with Crippen LogP contribution in [-0.4, -0.2) is 29.0 Å². The number of benzene rings is 2. The topological polar surface area (TPSA) is 69.8 Å². The van der Waals surface area contributed by atoms with Crippen LogP contribution in [-0.2, 0) is 11.2 Å². The molecule has 6 heteroatoms. The maximum atomic E-state index is 13.8. The molecule has 2 aromatic carbocycles. The number of aromatic amines is 1. The molecule has 1 atom stereocenters. The van der Waals surface area contributed by atoms with Gasteiger partial charge in [-0.1, -0.05) is 18.2 Å². The molecule has 1 saturated heterocycles. The molecule has 1 aliphatic rings. The van der Waals surface area contributed by atoms with Crippen LogP contribution in [0.3, 0.4) is 0 Å². The van der Waals surface area contributed by atoms with Gasteiger partial charge in [0.1, 0.15) is 11.6 Å². The van der Waals surface area contributed by atoms with Crippen LogP contribution in [0.25, 0.3) is 11.0 Å². The van der Waals surface area contributed by atoms with Crippen LogP contribution >= 0.6 is 0 Å². The van der Waals surface area contributed by atoms with Crippen LogP contribution in [0.1, 0.15) is 17.8 Å². The number of carbonyl (C=O) groups is 1. The van der Waals surface area contributed by atoms with Crippen LogP contribution in [0, 0.1) is 11.7 Å². The molecule has 3 aromatic rings. The van der Waals surface area contributed by atoms with Crippen molar-refractivity contribution < 1.29 is 9.18 Å². The van der Waals surface area contributed by atoms with Gasteiger partial charge < -0.3 is 15.6 Å². The van der Waals surface area contributed by atoms with Crippen LogP contribution in [0.15, 0.2) is 42.5 Å². The Balaban J connectivity index is 1.53. The van der Waals surface area contributed by atoms with Crippen molar-refractivity contribution in [3.05, 3.63) is 59.7 Å². The molecule has 1 unspecified atom stereocenters. The fraction of sp³-hybridized carbons (Fsp3) is 0.263. The Morgan fingerprint density at radius 3 is 2.96 bits per heavy atom. The summed E-state index contributed by atoms with van der Waals surface area (Å²) in [6, 6.07) is 12.3. The summed E-state index contributed by atoms with van der Waals surface area (Å²) in [6.45, 7) is 1.61. The van der Waals surface area contributed by atoms with Gasteiger partial charge in [-0.15, -0.1) is 0 Å². The smallest absolute Gasteiger partial charge is 0.228 e. The fourth-order valence-corrected chi connectivity index (χ4v) is 3.17. The first-order valence-electron chi connectivity index (χ1n) is 8.43. The van der Waals surface area contributed by atoms with Crippen LogP contribution < -0.4 is 10.6 Å². The van der Waals surface area contributed by atoms with Crippen LogP contribution in [0.5, 0.6) is 0 Å². The number of nitrogens with one attached hydrogen (secondary N) is 3. The number of aromatic nitrogens is 2. The van der Waals surface area contributed by atoms with E-state index in [0.717, 1.165) is 36.2 Å². The molecule has 1 aliphatic heterocycles. The maximum absolute atomic E-state index is 13.8. The first-order valence-corrected chi connectivity index (χ1v) is 8.43. The zero-order valence-electron chi connectivity index (χ0n) is 13.7. The number of hydrogen-bond donors (Lipinski definition) is 3. The number of nitrogens with zero attached hydrogens (tertiary/aromatic N) is 1. The van der Waals surface area contributed by atoms with Gasteiger partial charge in [0.25, 0.3) is 0 Å². The average Bonchev–Trinajstić information content (AvgIpc) is 3.26. The minimum absolute atomic E-state index is 0.0223. The molecule has 5 nitrogen and oxygen atoms in total. The van der Waals surface area contributed by atoms with Crippen LogP contribution in [0.2, 0.25) is 0 Å². The van der Waals surface area contributed by atoms with Gasteiger partial charge >= 0.3 is 0 Å². The van der Waals surface area contributed by atoms with E-state index in [1.165, 1.54) is 6.07 Å². The number of imidazole rings is 1. The van der Waals surface area contributed by atoms with Gasteiger partial charge in [-0.05, 0) is 42.8 Å². The largest absolute Gasteiger partial charge is 0.342 e. The summed E-state index contributed by atoms with van der Waals surface area (Å²) in [7, 11) is 0. The Morgan fingerprint density at radius 1 is 1.28 bits per heavy atom. The van der Waals surface area contributed by atoms with E-state index in [-0.39, 0.29) is 17.6 Å². The molecule has 0 saturated carbocycles. The van der Waals surface area contributed by atoms with E-state index >= 15 is 0 Å². The number of amides is 1. The summed E-state index contributed by atoms with van der Waals surface area (Å²) in [5.74, 6) is 0.522. The molecule has 4 rings (SSSR count). The number of carbonyl (C=O) groups excluding carboxylic acids is 1. The molecule has 1 fully saturated rings. The Morgan fingerprint density at radius 2 is 2.16 bits per heavy atom. The minimum Gasteiger partial charge on any atom is -0.342 e. The molecule has 0 radical (unpaired) electrons. The van der Waals surface area contributed by atoms with E-state index in [1.807, 2.05) is 24.3 Å². The lowest BCUT2D eigenvalue weighted by Gasteiger charge is -2.09. The van der Waals surface area contributed by atoms with Crippen molar-refractivity contribution >= 4 is 22.6 Å². The second-order valence-electron chi connectivity index (χ2n) is 6.36. The summed E-state index contributed by atoms with van der Waals surface area (Å²) in [4.78, 5) is 19.9. The molecule has 1 amide bonds. The summed E-state index contributed by atoms with van der Waals surface area (Å²) in [6.07, 6.45) is 1.27. The lowest BCUT2D eigenvalue weighted by molar-refractivity contribution is -0.119. The molecule has 1 aromatic heterocycles. The Hall–Kier alpha value is -2.73. The second kappa shape index (κ2) is 6.64. The zero-order valence-corrected chi connectivity index (χ0v) is 13.7. The number of anilines is 1. The summed E-state index contributed by atoms with van der Waals surface area (Å²) >= 11 is 0. The van der Waals surface area contributed by atoms with Crippen molar-refractivity contribution in [2.24, 2.45) is 5.92 Å². The van der Waals surface area contributed by atoms with Crippen molar-refractivity contribution in [1.29, 1.82) is 0 Å². The Kier molecular flexibility index (Phi) is 4.19. The molecule has 0 aliphatic carbocycles. The molecular formula is C19H19FN4O. The molecule has 128 valence electrons. The van der Waals surface area contributed by atoms with E-state index in [1.54, 1.807) is 12.1 Å². The van der Waals surface area contributed by atoms with Gasteiger partial charge in [0.15, 0.2) is 0 Å². The summed E-state index contributed by atoms with van der Waals surface area (Å²) < 4.78 is 13.8. The number of halogens is 1. The SMILES string of the molecule is O=C(Nc1ccc2nc(Cc3ccccc3F)[nH]c2c1)C1CCNC1. The first kappa shape index (κ1) is 15.8. The normalized spacial score (nSPS) is 17.1. The van der Waals surface area contributed by atoms with Gasteiger partial charge in [-0.3, -0.25) is 4.79 Å². The van der Waals surface area contributed by atoms with Gasteiger partial charge in [-0.2, -0.15) is 0 Å². The molecule has 25 heavy (non-hydrogen) atoms. The number of fused-ring (bicyclic) bond motifs is 1. The number of hydrogen-bond acceptors (Lipinski definition) is 3. The second-order valence-corrected chi connectivity index (χ2v) is 6.36. The fourth-order valence-electron chi connectivity index (χ4n) is 3.17. The predicted octanol–water partition coefficient (Wildman–Crippen LogP) is 2.84. The third-order valence-electron chi connectivity index (χ3n) is 4.55. The van der Waals surface area contributed by atoms with Gasteiger partial charge in [-0.25, -0.2) is 9.37 Å². The molecule has 0 spiro atoms. The molecule has 3 N–H and O–H groups in total. The summed E-state index contributed by atoms with van der Waals surface area (Å²) in [5.41, 5.74) is 2.97. The third kappa shape index (κ3) is 3.39. The minimum atomic E-state index is -0.235. The third-order valence-corrected chi connectivity index (χ3v) is 4.55. The molecule has 0 bridgehead atoms. The van der Waals surface area contributed by atoms with Crippen LogP contribution in [0.4, 0.5) is 10.1 Å². The first-order chi connectivity index (χ1) is 12.2. The van der Waals surface area contributed by atoms with Crippen molar-refractivity contribution in [3.8, 4) is 0 Å². The number of H-pyrrole nitrogens is 1. The highest BCUT2D eigenvalue weighted by Crippen LogP contribution is 2.20. The standard InChI is InChI=1S/C19H19FN4O/c20-15-4-2-1-3-12(15)9-18-23-16-6-5-14(10-17(16)24-18)22-19(25)13-7-8-21-11-13/h1-6,10,13,21H,7-9,11H2,(H,22,25)(H,23,24). The van der Waals surface area contributed by atoms with E-state index in [9.17, 15) is 9.18 Å². The Labute approximate surface area is 144 Å². The number of rotatable bonds is 4. The highest BCUT2D eigenvalue weighted by molar-refractivity contribution is 5.94. The van der Waals surface area contributed by atoms with Gasteiger partial charge in [0.2, 0.25) is 5.91 Å². The van der Waals surface area contributed by atoms with Gasteiger partial charge in [0.05, 0.1) is 17.0 Å². The van der Waals surface area contributed by atoms with Crippen molar-refractivity contribution in [3.63, 3.8) is 0 Å². The molecule has 2 heterocycles. The van der Waals surface area contributed by atoms with Crippen molar-refractivity contribution in [2.45, 2.75) is 12.8 Å².